The Morgan fingerprint density at radius 3 is 2.60 bits per heavy atom. The molecule has 0 unspecified atom stereocenters. The number of carbonyl (C=O) groups excluding carboxylic acids is 1. The van der Waals surface area contributed by atoms with Crippen molar-refractivity contribution in [2.45, 2.75) is 6.92 Å². The number of nitrogens with zero attached hydrogens (tertiary/aromatic N) is 4. The zero-order valence-corrected chi connectivity index (χ0v) is 19.0. The fourth-order valence-electron chi connectivity index (χ4n) is 4.11. The molecule has 2 aliphatic heterocycles. The van der Waals surface area contributed by atoms with Crippen molar-refractivity contribution in [1.82, 2.24) is 9.88 Å². The molecule has 1 amide bonds. The molecule has 2 aromatic carbocycles. The van der Waals surface area contributed by atoms with Crippen LogP contribution in [0.15, 0.2) is 36.4 Å². The Hall–Kier alpha value is -2.02. The van der Waals surface area contributed by atoms with Crippen LogP contribution in [0.3, 0.4) is 0 Å². The van der Waals surface area contributed by atoms with Crippen molar-refractivity contribution in [3.8, 4) is 0 Å². The van der Waals surface area contributed by atoms with Crippen molar-refractivity contribution < 1.29 is 4.79 Å². The number of amides is 1. The maximum absolute atomic E-state index is 13.0. The maximum atomic E-state index is 13.0. The lowest BCUT2D eigenvalue weighted by Gasteiger charge is -2.43. The fraction of sp³-hybridized carbons (Fsp3) is 0.364. The van der Waals surface area contributed by atoms with Crippen molar-refractivity contribution in [3.05, 3.63) is 52.0 Å². The molecular weight excluding hydrogens is 439 g/mol. The average molecular weight is 461 g/mol. The molecule has 8 heteroatoms. The third-order valence-electron chi connectivity index (χ3n) is 5.90. The fourth-order valence-corrected chi connectivity index (χ4v) is 5.61. The molecule has 0 atom stereocenters. The SMILES string of the molecule is Cc1ccc2nc(N3CC(C(=O)N4CCN(c5cccc(Cl)c5Cl)CC4)C3)sc2c1. The van der Waals surface area contributed by atoms with Gasteiger partial charge in [-0.1, -0.05) is 46.7 Å². The summed E-state index contributed by atoms with van der Waals surface area (Å²) < 4.78 is 1.20. The summed E-state index contributed by atoms with van der Waals surface area (Å²) in [5.41, 5.74) is 3.22. The summed E-state index contributed by atoms with van der Waals surface area (Å²) in [6.45, 7) is 6.53. The monoisotopic (exact) mass is 460 g/mol. The standard InChI is InChI=1S/C22H22Cl2N4OS/c1-14-5-6-17-19(11-14)30-22(25-17)28-12-15(13-28)21(29)27-9-7-26(8-10-27)18-4-2-3-16(23)20(18)24/h2-6,11,15H,7-10,12-13H2,1H3. The Morgan fingerprint density at radius 2 is 1.83 bits per heavy atom. The van der Waals surface area contributed by atoms with Crippen LogP contribution >= 0.6 is 34.5 Å². The Morgan fingerprint density at radius 1 is 1.07 bits per heavy atom. The second-order valence-electron chi connectivity index (χ2n) is 7.95. The van der Waals surface area contributed by atoms with Crippen molar-refractivity contribution >= 4 is 61.5 Å². The number of fused-ring (bicyclic) bond motifs is 1. The lowest BCUT2D eigenvalue weighted by molar-refractivity contribution is -0.136. The number of rotatable bonds is 3. The zero-order chi connectivity index (χ0) is 20.8. The number of anilines is 2. The molecule has 2 fully saturated rings. The number of carbonyl (C=O) groups is 1. The third kappa shape index (κ3) is 3.61. The number of hydrogen-bond acceptors (Lipinski definition) is 5. The molecule has 0 N–H and O–H groups in total. The van der Waals surface area contributed by atoms with Crippen LogP contribution in [0, 0.1) is 12.8 Å². The minimum atomic E-state index is 0.0556. The summed E-state index contributed by atoms with van der Waals surface area (Å²) in [6, 6.07) is 12.0. The molecule has 156 valence electrons. The van der Waals surface area contributed by atoms with Gasteiger partial charge in [0.05, 0.1) is 31.9 Å². The number of aryl methyl sites for hydroxylation is 1. The molecule has 5 rings (SSSR count). The van der Waals surface area contributed by atoms with Gasteiger partial charge < -0.3 is 14.7 Å². The van der Waals surface area contributed by atoms with Gasteiger partial charge in [-0.25, -0.2) is 4.98 Å². The number of halogens is 2. The first kappa shape index (κ1) is 19.9. The number of thiazole rings is 1. The van der Waals surface area contributed by atoms with Crippen LogP contribution in [0.25, 0.3) is 10.2 Å². The van der Waals surface area contributed by atoms with Gasteiger partial charge in [0.15, 0.2) is 5.13 Å². The second-order valence-corrected chi connectivity index (χ2v) is 9.75. The van der Waals surface area contributed by atoms with E-state index in [1.165, 1.54) is 10.3 Å². The molecular formula is C22H22Cl2N4OS. The quantitative estimate of drug-likeness (QED) is 0.567. The molecule has 2 saturated heterocycles. The van der Waals surface area contributed by atoms with Crippen molar-refractivity contribution in [2.24, 2.45) is 5.92 Å². The maximum Gasteiger partial charge on any atom is 0.229 e. The summed E-state index contributed by atoms with van der Waals surface area (Å²) in [6.07, 6.45) is 0. The smallest absolute Gasteiger partial charge is 0.229 e. The van der Waals surface area contributed by atoms with E-state index >= 15 is 0 Å². The predicted molar refractivity (Wildman–Crippen MR) is 125 cm³/mol. The Balaban J connectivity index is 1.17. The highest BCUT2D eigenvalue weighted by atomic mass is 35.5. The van der Waals surface area contributed by atoms with E-state index in [2.05, 4.69) is 34.9 Å². The Kier molecular flexibility index (Phi) is 5.25. The van der Waals surface area contributed by atoms with Gasteiger partial charge in [0.1, 0.15) is 0 Å². The summed E-state index contributed by atoms with van der Waals surface area (Å²) in [5, 5.41) is 2.16. The lowest BCUT2D eigenvalue weighted by atomic mass is 9.99. The van der Waals surface area contributed by atoms with Gasteiger partial charge in [0.2, 0.25) is 5.91 Å². The van der Waals surface area contributed by atoms with Crippen molar-refractivity contribution in [3.63, 3.8) is 0 Å². The molecule has 3 aromatic rings. The van der Waals surface area contributed by atoms with E-state index < -0.39 is 0 Å². The number of hydrogen-bond donors (Lipinski definition) is 0. The summed E-state index contributed by atoms with van der Waals surface area (Å²) in [7, 11) is 0. The molecule has 3 heterocycles. The topological polar surface area (TPSA) is 39.7 Å². The number of piperazine rings is 1. The highest BCUT2D eigenvalue weighted by Crippen LogP contribution is 2.35. The van der Waals surface area contributed by atoms with E-state index in [4.69, 9.17) is 28.2 Å². The van der Waals surface area contributed by atoms with Gasteiger partial charge >= 0.3 is 0 Å². The third-order valence-corrected chi connectivity index (χ3v) is 7.79. The van der Waals surface area contributed by atoms with E-state index in [0.29, 0.717) is 23.1 Å². The summed E-state index contributed by atoms with van der Waals surface area (Å²) in [4.78, 5) is 24.1. The van der Waals surface area contributed by atoms with Gasteiger partial charge in [-0.15, -0.1) is 0 Å². The van der Waals surface area contributed by atoms with E-state index in [-0.39, 0.29) is 11.8 Å². The highest BCUT2D eigenvalue weighted by molar-refractivity contribution is 7.22. The first-order chi connectivity index (χ1) is 14.5. The lowest BCUT2D eigenvalue weighted by Crippen LogP contribution is -2.58. The minimum Gasteiger partial charge on any atom is -0.367 e. The number of aromatic nitrogens is 1. The van der Waals surface area contributed by atoms with Crippen LogP contribution in [-0.2, 0) is 4.79 Å². The van der Waals surface area contributed by atoms with Crippen LogP contribution in [0.5, 0.6) is 0 Å². The molecule has 0 aliphatic carbocycles. The van der Waals surface area contributed by atoms with Gasteiger partial charge in [-0.3, -0.25) is 4.79 Å². The predicted octanol–water partition coefficient (Wildman–Crippen LogP) is 4.70. The molecule has 5 nitrogen and oxygen atoms in total. The largest absolute Gasteiger partial charge is 0.367 e. The summed E-state index contributed by atoms with van der Waals surface area (Å²) >= 11 is 14.2. The van der Waals surface area contributed by atoms with Crippen molar-refractivity contribution in [1.29, 1.82) is 0 Å². The van der Waals surface area contributed by atoms with Gasteiger partial charge in [-0.05, 0) is 36.8 Å². The molecule has 0 saturated carbocycles. The van der Waals surface area contributed by atoms with Crippen LogP contribution in [0.4, 0.5) is 10.8 Å². The average Bonchev–Trinajstić information content (AvgIpc) is 3.11. The number of benzene rings is 2. The van der Waals surface area contributed by atoms with Crippen LogP contribution in [0.2, 0.25) is 10.0 Å². The second kappa shape index (κ2) is 7.91. The first-order valence-electron chi connectivity index (χ1n) is 10.1. The van der Waals surface area contributed by atoms with Crippen LogP contribution in [-0.4, -0.2) is 55.1 Å². The van der Waals surface area contributed by atoms with E-state index in [0.717, 1.165) is 42.5 Å². The Labute approximate surface area is 189 Å². The normalized spacial score (nSPS) is 17.5. The van der Waals surface area contributed by atoms with Gasteiger partial charge in [0.25, 0.3) is 0 Å². The molecule has 30 heavy (non-hydrogen) atoms. The zero-order valence-electron chi connectivity index (χ0n) is 16.6. The van der Waals surface area contributed by atoms with Crippen molar-refractivity contribution in [2.75, 3.05) is 49.1 Å². The van der Waals surface area contributed by atoms with E-state index in [1.54, 1.807) is 17.4 Å². The molecule has 0 bridgehead atoms. The van der Waals surface area contributed by atoms with Crippen LogP contribution in [0.1, 0.15) is 5.56 Å². The first-order valence-corrected chi connectivity index (χ1v) is 11.7. The molecule has 0 spiro atoms. The van der Waals surface area contributed by atoms with Gasteiger partial charge in [0, 0.05) is 39.3 Å². The molecule has 0 radical (unpaired) electrons. The van der Waals surface area contributed by atoms with Crippen LogP contribution < -0.4 is 9.80 Å². The molecule has 1 aromatic heterocycles. The van der Waals surface area contributed by atoms with E-state index in [9.17, 15) is 4.79 Å². The van der Waals surface area contributed by atoms with E-state index in [1.807, 2.05) is 17.0 Å². The Bertz CT molecular complexity index is 1100. The van der Waals surface area contributed by atoms with Gasteiger partial charge in [-0.2, -0.15) is 0 Å². The highest BCUT2D eigenvalue weighted by Gasteiger charge is 2.37. The minimum absolute atomic E-state index is 0.0556. The summed E-state index contributed by atoms with van der Waals surface area (Å²) in [5.74, 6) is 0.306. The molecule has 2 aliphatic rings.